The first-order chi connectivity index (χ1) is 9.80. The standard InChI is InChI=1S/C13H19N5O2S/c1-17(2)21(19,20)11-4-5-12(14)13(8-11)15-9-10-6-7-18(3)16-10/h4-8,15H,9,14H2,1-3H3. The van der Waals surface area contributed by atoms with Crippen LogP contribution in [0.2, 0.25) is 0 Å². The number of nitrogens with zero attached hydrogens (tertiary/aromatic N) is 3. The van der Waals surface area contributed by atoms with Crippen molar-refractivity contribution in [2.45, 2.75) is 11.4 Å². The van der Waals surface area contributed by atoms with Gasteiger partial charge in [-0.15, -0.1) is 0 Å². The van der Waals surface area contributed by atoms with E-state index in [2.05, 4.69) is 10.4 Å². The fourth-order valence-corrected chi connectivity index (χ4v) is 2.73. The maximum absolute atomic E-state index is 12.1. The molecule has 0 bridgehead atoms. The van der Waals surface area contributed by atoms with Crippen LogP contribution in [0.25, 0.3) is 0 Å². The van der Waals surface area contributed by atoms with Gasteiger partial charge in [0.15, 0.2) is 0 Å². The Bertz CT molecular complexity index is 737. The van der Waals surface area contributed by atoms with E-state index < -0.39 is 10.0 Å². The third kappa shape index (κ3) is 3.34. The van der Waals surface area contributed by atoms with Crippen LogP contribution in [0.5, 0.6) is 0 Å². The molecule has 3 N–H and O–H groups in total. The molecule has 0 aliphatic carbocycles. The quantitative estimate of drug-likeness (QED) is 0.799. The lowest BCUT2D eigenvalue weighted by Crippen LogP contribution is -2.22. The summed E-state index contributed by atoms with van der Waals surface area (Å²) in [6, 6.07) is 6.49. The predicted octanol–water partition coefficient (Wildman–Crippen LogP) is 0.865. The summed E-state index contributed by atoms with van der Waals surface area (Å²) in [6.07, 6.45) is 1.84. The first-order valence-electron chi connectivity index (χ1n) is 6.35. The maximum atomic E-state index is 12.1. The molecule has 0 radical (unpaired) electrons. The zero-order valence-electron chi connectivity index (χ0n) is 12.2. The van der Waals surface area contributed by atoms with Gasteiger partial charge in [0.1, 0.15) is 0 Å². The molecule has 1 aromatic heterocycles. The minimum atomic E-state index is -3.48. The van der Waals surface area contributed by atoms with E-state index in [9.17, 15) is 8.42 Å². The van der Waals surface area contributed by atoms with Gasteiger partial charge in [-0.3, -0.25) is 4.68 Å². The Labute approximate surface area is 124 Å². The van der Waals surface area contributed by atoms with Crippen LogP contribution in [-0.2, 0) is 23.6 Å². The van der Waals surface area contributed by atoms with Gasteiger partial charge in [0.05, 0.1) is 28.5 Å². The molecule has 0 aliphatic heterocycles. The molecule has 0 amide bonds. The molecule has 0 fully saturated rings. The Morgan fingerprint density at radius 1 is 1.33 bits per heavy atom. The van der Waals surface area contributed by atoms with Crippen LogP contribution in [-0.4, -0.2) is 36.6 Å². The van der Waals surface area contributed by atoms with Gasteiger partial charge in [-0.05, 0) is 24.3 Å². The van der Waals surface area contributed by atoms with Crippen molar-refractivity contribution in [3.05, 3.63) is 36.2 Å². The molecule has 2 aromatic rings. The molecule has 114 valence electrons. The monoisotopic (exact) mass is 309 g/mol. The van der Waals surface area contributed by atoms with Crippen LogP contribution in [0.4, 0.5) is 11.4 Å². The van der Waals surface area contributed by atoms with Crippen LogP contribution in [0.15, 0.2) is 35.4 Å². The fourth-order valence-electron chi connectivity index (χ4n) is 1.80. The third-order valence-electron chi connectivity index (χ3n) is 3.03. The lowest BCUT2D eigenvalue weighted by atomic mass is 10.2. The topological polar surface area (TPSA) is 93.3 Å². The third-order valence-corrected chi connectivity index (χ3v) is 4.84. The molecule has 0 saturated carbocycles. The highest BCUT2D eigenvalue weighted by atomic mass is 32.2. The molecule has 0 aliphatic rings. The highest BCUT2D eigenvalue weighted by molar-refractivity contribution is 7.89. The molecule has 0 spiro atoms. The molecule has 2 rings (SSSR count). The average molecular weight is 309 g/mol. The van der Waals surface area contributed by atoms with Crippen LogP contribution >= 0.6 is 0 Å². The number of aromatic nitrogens is 2. The summed E-state index contributed by atoms with van der Waals surface area (Å²) in [6.45, 7) is 0.469. The molecular weight excluding hydrogens is 290 g/mol. The van der Waals surface area contributed by atoms with Gasteiger partial charge in [0.25, 0.3) is 0 Å². The van der Waals surface area contributed by atoms with Crippen molar-refractivity contribution in [2.75, 3.05) is 25.1 Å². The van der Waals surface area contributed by atoms with Crippen LogP contribution in [0, 0.1) is 0 Å². The molecule has 0 atom stereocenters. The van der Waals surface area contributed by atoms with E-state index in [0.29, 0.717) is 17.9 Å². The summed E-state index contributed by atoms with van der Waals surface area (Å²) in [4.78, 5) is 0.199. The number of nitrogens with one attached hydrogen (secondary N) is 1. The van der Waals surface area contributed by atoms with Crippen molar-refractivity contribution in [2.24, 2.45) is 7.05 Å². The van der Waals surface area contributed by atoms with Crippen LogP contribution < -0.4 is 11.1 Å². The lowest BCUT2D eigenvalue weighted by Gasteiger charge is -2.14. The molecule has 7 nitrogen and oxygen atoms in total. The maximum Gasteiger partial charge on any atom is 0.242 e. The molecule has 0 unspecified atom stereocenters. The molecule has 0 saturated heterocycles. The second-order valence-corrected chi connectivity index (χ2v) is 7.02. The highest BCUT2D eigenvalue weighted by Gasteiger charge is 2.18. The summed E-state index contributed by atoms with van der Waals surface area (Å²) in [5, 5.41) is 7.35. The fraction of sp³-hybridized carbons (Fsp3) is 0.308. The van der Waals surface area contributed by atoms with Gasteiger partial charge in [-0.2, -0.15) is 5.10 Å². The van der Waals surface area contributed by atoms with E-state index in [0.717, 1.165) is 5.69 Å². The highest BCUT2D eigenvalue weighted by Crippen LogP contribution is 2.24. The summed E-state index contributed by atoms with van der Waals surface area (Å²) < 4.78 is 27.1. The van der Waals surface area contributed by atoms with Gasteiger partial charge in [-0.1, -0.05) is 0 Å². The Balaban J connectivity index is 2.24. The largest absolute Gasteiger partial charge is 0.397 e. The van der Waals surface area contributed by atoms with E-state index in [4.69, 9.17) is 5.73 Å². The van der Waals surface area contributed by atoms with Crippen molar-refractivity contribution < 1.29 is 8.42 Å². The summed E-state index contributed by atoms with van der Waals surface area (Å²) in [5.41, 5.74) is 7.79. The summed E-state index contributed by atoms with van der Waals surface area (Å²) in [7, 11) is 1.34. The lowest BCUT2D eigenvalue weighted by molar-refractivity contribution is 0.521. The number of rotatable bonds is 5. The van der Waals surface area contributed by atoms with Crippen molar-refractivity contribution in [3.8, 4) is 0 Å². The normalized spacial score (nSPS) is 11.8. The number of hydrogen-bond donors (Lipinski definition) is 2. The predicted molar refractivity (Wildman–Crippen MR) is 82.3 cm³/mol. The minimum absolute atomic E-state index is 0.199. The van der Waals surface area contributed by atoms with Gasteiger partial charge >= 0.3 is 0 Å². The van der Waals surface area contributed by atoms with E-state index in [1.165, 1.54) is 30.5 Å². The second kappa shape index (κ2) is 5.74. The molecule has 21 heavy (non-hydrogen) atoms. The number of aryl methyl sites for hydroxylation is 1. The first-order valence-corrected chi connectivity index (χ1v) is 7.79. The number of benzene rings is 1. The molecule has 1 heterocycles. The van der Waals surface area contributed by atoms with E-state index in [1.54, 1.807) is 10.7 Å². The second-order valence-electron chi connectivity index (χ2n) is 4.87. The molecule has 1 aromatic carbocycles. The molecule has 8 heteroatoms. The van der Waals surface area contributed by atoms with Gasteiger partial charge < -0.3 is 11.1 Å². The number of nitrogen functional groups attached to an aromatic ring is 1. The number of hydrogen-bond acceptors (Lipinski definition) is 5. The van der Waals surface area contributed by atoms with Crippen molar-refractivity contribution in [3.63, 3.8) is 0 Å². The zero-order chi connectivity index (χ0) is 15.6. The average Bonchev–Trinajstić information content (AvgIpc) is 2.83. The van der Waals surface area contributed by atoms with E-state index in [-0.39, 0.29) is 4.90 Å². The summed E-state index contributed by atoms with van der Waals surface area (Å²) >= 11 is 0. The number of sulfonamides is 1. The van der Waals surface area contributed by atoms with E-state index >= 15 is 0 Å². The Hall–Kier alpha value is -2.06. The van der Waals surface area contributed by atoms with Crippen molar-refractivity contribution in [1.29, 1.82) is 0 Å². The minimum Gasteiger partial charge on any atom is -0.397 e. The van der Waals surface area contributed by atoms with Crippen molar-refractivity contribution in [1.82, 2.24) is 14.1 Å². The smallest absolute Gasteiger partial charge is 0.242 e. The Morgan fingerprint density at radius 3 is 2.62 bits per heavy atom. The molecular formula is C13H19N5O2S. The Morgan fingerprint density at radius 2 is 2.05 bits per heavy atom. The van der Waals surface area contributed by atoms with Gasteiger partial charge in [0, 0.05) is 27.3 Å². The summed E-state index contributed by atoms with van der Waals surface area (Å²) in [5.74, 6) is 0. The van der Waals surface area contributed by atoms with E-state index in [1.807, 2.05) is 19.3 Å². The SMILES string of the molecule is CN(C)S(=O)(=O)c1ccc(N)c(NCc2ccn(C)n2)c1. The van der Waals surface area contributed by atoms with Crippen LogP contribution in [0.1, 0.15) is 5.69 Å². The number of anilines is 2. The van der Waals surface area contributed by atoms with Crippen LogP contribution in [0.3, 0.4) is 0 Å². The first kappa shape index (κ1) is 15.3. The zero-order valence-corrected chi connectivity index (χ0v) is 13.1. The van der Waals surface area contributed by atoms with Gasteiger partial charge in [-0.25, -0.2) is 12.7 Å². The van der Waals surface area contributed by atoms with Crippen molar-refractivity contribution >= 4 is 21.4 Å². The number of nitrogens with two attached hydrogens (primary N) is 1. The Kier molecular flexibility index (Phi) is 4.19. The van der Waals surface area contributed by atoms with Gasteiger partial charge in [0.2, 0.25) is 10.0 Å².